The highest BCUT2D eigenvalue weighted by Gasteiger charge is 2.15. The summed E-state index contributed by atoms with van der Waals surface area (Å²) in [5.41, 5.74) is 2.36. The van der Waals surface area contributed by atoms with Gasteiger partial charge < -0.3 is 10.6 Å². The van der Waals surface area contributed by atoms with Gasteiger partial charge in [0, 0.05) is 30.0 Å². The minimum Gasteiger partial charge on any atom is -0.381 e. The lowest BCUT2D eigenvalue weighted by Crippen LogP contribution is -2.23. The maximum absolute atomic E-state index is 12.3. The average molecular weight is 330 g/mol. The van der Waals surface area contributed by atoms with Crippen LogP contribution in [0, 0.1) is 0 Å². The van der Waals surface area contributed by atoms with Crippen molar-refractivity contribution in [1.82, 2.24) is 10.3 Å². The van der Waals surface area contributed by atoms with Crippen LogP contribution in [0.3, 0.4) is 0 Å². The first-order valence-electron chi connectivity index (χ1n) is 7.95. The first-order chi connectivity index (χ1) is 11.2. The molecule has 0 spiro atoms. The third-order valence-corrected chi connectivity index (χ3v) is 4.49. The molecule has 1 amide bonds. The molecule has 5 heteroatoms. The number of carbonyl (C=O) groups is 1. The van der Waals surface area contributed by atoms with Crippen molar-refractivity contribution in [1.29, 1.82) is 0 Å². The second kappa shape index (κ2) is 7.47. The second-order valence-corrected chi connectivity index (χ2v) is 6.27. The number of hydrogen-bond acceptors (Lipinski definition) is 3. The van der Waals surface area contributed by atoms with Crippen LogP contribution in [0.4, 0.5) is 5.69 Å². The Balaban J connectivity index is 1.61. The number of aromatic nitrogens is 1. The van der Waals surface area contributed by atoms with Gasteiger partial charge in [-0.3, -0.25) is 9.78 Å². The Morgan fingerprint density at radius 1 is 1.22 bits per heavy atom. The fourth-order valence-corrected chi connectivity index (χ4v) is 3.07. The van der Waals surface area contributed by atoms with Crippen LogP contribution in [-0.4, -0.2) is 16.9 Å². The zero-order valence-electron chi connectivity index (χ0n) is 12.9. The van der Waals surface area contributed by atoms with Crippen molar-refractivity contribution in [3.63, 3.8) is 0 Å². The van der Waals surface area contributed by atoms with Gasteiger partial charge in [-0.25, -0.2) is 0 Å². The largest absolute Gasteiger partial charge is 0.381 e. The topological polar surface area (TPSA) is 54.0 Å². The van der Waals surface area contributed by atoms with E-state index in [1.807, 2.05) is 30.3 Å². The molecule has 1 fully saturated rings. The zero-order chi connectivity index (χ0) is 16.1. The summed E-state index contributed by atoms with van der Waals surface area (Å²) in [6.07, 6.45) is 8.25. The maximum atomic E-state index is 12.3. The summed E-state index contributed by atoms with van der Waals surface area (Å²) in [6.45, 7) is 0.402. The van der Waals surface area contributed by atoms with Gasteiger partial charge in [0.15, 0.2) is 0 Å². The summed E-state index contributed by atoms with van der Waals surface area (Å²) >= 11 is 6.10. The molecule has 120 valence electrons. The standard InChI is InChI=1S/C18H20ClN3O/c19-17-8-4-1-5-13(17)11-21-18(23)14-9-16(12-20-10-14)22-15-6-2-3-7-15/h1,4-5,8-10,12,15,22H,2-3,6-7,11H2,(H,21,23). The Labute approximate surface area is 141 Å². The van der Waals surface area contributed by atoms with Crippen LogP contribution in [0.2, 0.25) is 5.02 Å². The zero-order valence-corrected chi connectivity index (χ0v) is 13.6. The van der Waals surface area contributed by atoms with E-state index in [4.69, 9.17) is 11.6 Å². The Kier molecular flexibility index (Phi) is 5.13. The number of anilines is 1. The molecule has 0 unspecified atom stereocenters. The molecule has 1 aliphatic carbocycles. The van der Waals surface area contributed by atoms with Crippen LogP contribution in [-0.2, 0) is 6.54 Å². The van der Waals surface area contributed by atoms with E-state index in [2.05, 4.69) is 15.6 Å². The molecule has 1 aliphatic rings. The van der Waals surface area contributed by atoms with E-state index in [1.165, 1.54) is 25.7 Å². The number of hydrogen-bond donors (Lipinski definition) is 2. The summed E-state index contributed by atoms with van der Waals surface area (Å²) in [7, 11) is 0. The Bertz CT molecular complexity index is 683. The minimum atomic E-state index is -0.146. The number of benzene rings is 1. The molecule has 1 aromatic heterocycles. The van der Waals surface area contributed by atoms with Crippen molar-refractivity contribution in [2.75, 3.05) is 5.32 Å². The number of rotatable bonds is 5. The highest BCUT2D eigenvalue weighted by atomic mass is 35.5. The summed E-state index contributed by atoms with van der Waals surface area (Å²) < 4.78 is 0. The van der Waals surface area contributed by atoms with E-state index >= 15 is 0 Å². The lowest BCUT2D eigenvalue weighted by Gasteiger charge is -2.14. The smallest absolute Gasteiger partial charge is 0.253 e. The van der Waals surface area contributed by atoms with Gasteiger partial charge in [0.2, 0.25) is 0 Å². The minimum absolute atomic E-state index is 0.146. The van der Waals surface area contributed by atoms with E-state index < -0.39 is 0 Å². The molecule has 3 rings (SSSR count). The summed E-state index contributed by atoms with van der Waals surface area (Å²) in [5, 5.41) is 7.00. The first-order valence-corrected chi connectivity index (χ1v) is 8.33. The van der Waals surface area contributed by atoms with Crippen LogP contribution in [0.25, 0.3) is 0 Å². The molecular weight excluding hydrogens is 310 g/mol. The maximum Gasteiger partial charge on any atom is 0.253 e. The molecule has 0 atom stereocenters. The molecule has 1 heterocycles. The van der Waals surface area contributed by atoms with Gasteiger partial charge in [-0.05, 0) is 30.5 Å². The lowest BCUT2D eigenvalue weighted by atomic mass is 10.2. The summed E-state index contributed by atoms with van der Waals surface area (Å²) in [5.74, 6) is -0.146. The number of pyridine rings is 1. The Morgan fingerprint density at radius 2 is 2.00 bits per heavy atom. The van der Waals surface area contributed by atoms with E-state index in [1.54, 1.807) is 12.4 Å². The highest BCUT2D eigenvalue weighted by Crippen LogP contribution is 2.22. The number of nitrogens with one attached hydrogen (secondary N) is 2. The van der Waals surface area contributed by atoms with Crippen molar-refractivity contribution in [2.45, 2.75) is 38.3 Å². The van der Waals surface area contributed by atoms with Gasteiger partial charge in [-0.1, -0.05) is 42.6 Å². The van der Waals surface area contributed by atoms with Crippen molar-refractivity contribution in [3.05, 3.63) is 58.9 Å². The SMILES string of the molecule is O=C(NCc1ccccc1Cl)c1cncc(NC2CCCC2)c1. The number of halogens is 1. The average Bonchev–Trinajstić information content (AvgIpc) is 3.07. The van der Waals surface area contributed by atoms with Crippen molar-refractivity contribution < 1.29 is 4.79 Å². The predicted molar refractivity (Wildman–Crippen MR) is 92.7 cm³/mol. The molecular formula is C18H20ClN3O. The highest BCUT2D eigenvalue weighted by molar-refractivity contribution is 6.31. The van der Waals surface area contributed by atoms with E-state index in [-0.39, 0.29) is 5.91 Å². The predicted octanol–water partition coefficient (Wildman–Crippen LogP) is 4.02. The van der Waals surface area contributed by atoms with Gasteiger partial charge in [0.25, 0.3) is 5.91 Å². The summed E-state index contributed by atoms with van der Waals surface area (Å²) in [6, 6.07) is 9.85. The normalized spacial score (nSPS) is 14.7. The van der Waals surface area contributed by atoms with Gasteiger partial charge in [-0.2, -0.15) is 0 Å². The molecule has 0 aliphatic heterocycles. The fourth-order valence-electron chi connectivity index (χ4n) is 2.87. The van der Waals surface area contributed by atoms with E-state index in [0.29, 0.717) is 23.2 Å². The van der Waals surface area contributed by atoms with Gasteiger partial charge >= 0.3 is 0 Å². The van der Waals surface area contributed by atoms with E-state index in [0.717, 1.165) is 11.3 Å². The van der Waals surface area contributed by atoms with Gasteiger partial charge in [0.1, 0.15) is 0 Å². The van der Waals surface area contributed by atoms with Gasteiger partial charge in [-0.15, -0.1) is 0 Å². The molecule has 4 nitrogen and oxygen atoms in total. The van der Waals surface area contributed by atoms with Crippen LogP contribution in [0.1, 0.15) is 41.6 Å². The van der Waals surface area contributed by atoms with Crippen molar-refractivity contribution >= 4 is 23.2 Å². The Morgan fingerprint density at radius 3 is 2.78 bits per heavy atom. The first kappa shape index (κ1) is 15.8. The molecule has 1 aromatic carbocycles. The van der Waals surface area contributed by atoms with E-state index in [9.17, 15) is 4.79 Å². The second-order valence-electron chi connectivity index (χ2n) is 5.86. The van der Waals surface area contributed by atoms with Crippen LogP contribution < -0.4 is 10.6 Å². The number of carbonyl (C=O) groups excluding carboxylic acids is 1. The third-order valence-electron chi connectivity index (χ3n) is 4.12. The molecule has 0 bridgehead atoms. The number of amides is 1. The molecule has 2 N–H and O–H groups in total. The molecule has 23 heavy (non-hydrogen) atoms. The van der Waals surface area contributed by atoms with Crippen LogP contribution >= 0.6 is 11.6 Å². The monoisotopic (exact) mass is 329 g/mol. The molecule has 1 saturated carbocycles. The third kappa shape index (κ3) is 4.23. The van der Waals surface area contributed by atoms with Gasteiger partial charge in [0.05, 0.1) is 11.3 Å². The lowest BCUT2D eigenvalue weighted by molar-refractivity contribution is 0.0950. The Hall–Kier alpha value is -2.07. The quantitative estimate of drug-likeness (QED) is 0.871. The van der Waals surface area contributed by atoms with Crippen molar-refractivity contribution in [3.8, 4) is 0 Å². The number of nitrogens with zero attached hydrogens (tertiary/aromatic N) is 1. The molecule has 0 radical (unpaired) electrons. The molecule has 0 saturated heterocycles. The van der Waals surface area contributed by atoms with Crippen LogP contribution in [0.5, 0.6) is 0 Å². The van der Waals surface area contributed by atoms with Crippen molar-refractivity contribution in [2.24, 2.45) is 0 Å². The molecule has 2 aromatic rings. The fraction of sp³-hybridized carbons (Fsp3) is 0.333. The summed E-state index contributed by atoms with van der Waals surface area (Å²) in [4.78, 5) is 16.5. The van der Waals surface area contributed by atoms with Crippen LogP contribution in [0.15, 0.2) is 42.7 Å².